The zero-order valence-electron chi connectivity index (χ0n) is 19.0. The van der Waals surface area contributed by atoms with E-state index in [1.165, 1.54) is 24.3 Å². The van der Waals surface area contributed by atoms with Gasteiger partial charge in [-0.3, -0.25) is 4.79 Å². The Morgan fingerprint density at radius 2 is 1.31 bits per heavy atom. The predicted octanol–water partition coefficient (Wildman–Crippen LogP) is 5.38. The van der Waals surface area contributed by atoms with Crippen LogP contribution in [0.4, 0.5) is 43.7 Å². The van der Waals surface area contributed by atoms with Crippen LogP contribution in [0.25, 0.3) is 0 Å². The van der Waals surface area contributed by atoms with E-state index < -0.39 is 17.7 Å². The summed E-state index contributed by atoms with van der Waals surface area (Å²) in [5, 5.41) is 11.3. The van der Waals surface area contributed by atoms with Crippen molar-refractivity contribution in [3.8, 4) is 0 Å². The van der Waals surface area contributed by atoms with Crippen LogP contribution in [0.5, 0.6) is 0 Å². The van der Waals surface area contributed by atoms with Crippen molar-refractivity contribution in [3.05, 3.63) is 90.0 Å². The van der Waals surface area contributed by atoms with Crippen molar-refractivity contribution in [2.45, 2.75) is 19.9 Å². The van der Waals surface area contributed by atoms with E-state index in [0.717, 1.165) is 5.56 Å². The molecule has 0 saturated carbocycles. The summed E-state index contributed by atoms with van der Waals surface area (Å²) >= 11 is 0. The zero-order valence-corrected chi connectivity index (χ0v) is 19.0. The van der Waals surface area contributed by atoms with E-state index in [2.05, 4.69) is 36.2 Å². The number of hydrogen-bond donors (Lipinski definition) is 4. The second kappa shape index (κ2) is 10.6. The molecule has 8 nitrogen and oxygen atoms in total. The summed E-state index contributed by atoms with van der Waals surface area (Å²) in [5.74, 6) is -1.29. The molecule has 4 rings (SSSR count). The summed E-state index contributed by atoms with van der Waals surface area (Å²) < 4.78 is 28.3. The maximum absolute atomic E-state index is 14.2. The van der Waals surface area contributed by atoms with Gasteiger partial charge in [-0.2, -0.15) is 15.0 Å². The number of nitrogens with zero attached hydrogens (tertiary/aromatic N) is 3. The fourth-order valence-electron chi connectivity index (χ4n) is 3.15. The summed E-state index contributed by atoms with van der Waals surface area (Å²) in [4.78, 5) is 25.4. The summed E-state index contributed by atoms with van der Waals surface area (Å²) in [6.07, 6.45) is 0. The molecule has 4 N–H and O–H groups in total. The van der Waals surface area contributed by atoms with Crippen LogP contribution in [0.1, 0.15) is 12.5 Å². The zero-order chi connectivity index (χ0) is 24.8. The Morgan fingerprint density at radius 3 is 1.86 bits per heavy atom. The lowest BCUT2D eigenvalue weighted by Gasteiger charge is -2.16. The number of nitrogens with one attached hydrogen (secondary N) is 4. The molecule has 1 atom stereocenters. The molecule has 0 bridgehead atoms. The molecule has 0 aliphatic carbocycles. The van der Waals surface area contributed by atoms with Crippen LogP contribution in [-0.4, -0.2) is 26.9 Å². The molecule has 3 aromatic carbocycles. The smallest absolute Gasteiger partial charge is 0.246 e. The summed E-state index contributed by atoms with van der Waals surface area (Å²) in [6.45, 7) is 3.57. The predicted molar refractivity (Wildman–Crippen MR) is 132 cm³/mol. The monoisotopic (exact) mass is 475 g/mol. The first-order valence-electron chi connectivity index (χ1n) is 10.8. The average molecular weight is 476 g/mol. The number of carbonyl (C=O) groups is 1. The van der Waals surface area contributed by atoms with E-state index in [9.17, 15) is 13.6 Å². The number of para-hydroxylation sites is 2. The third-order valence-corrected chi connectivity index (χ3v) is 4.90. The molecule has 178 valence electrons. The number of anilines is 6. The number of aromatic nitrogens is 3. The highest BCUT2D eigenvalue weighted by atomic mass is 19.1. The Hall–Kier alpha value is -4.60. The molecule has 0 spiro atoms. The van der Waals surface area contributed by atoms with Crippen LogP contribution in [0.3, 0.4) is 0 Å². The molecule has 0 aliphatic rings. The maximum atomic E-state index is 14.2. The van der Waals surface area contributed by atoms with Crippen molar-refractivity contribution >= 4 is 40.8 Å². The van der Waals surface area contributed by atoms with Crippen molar-refractivity contribution in [1.82, 2.24) is 15.0 Å². The first kappa shape index (κ1) is 23.6. The van der Waals surface area contributed by atoms with Gasteiger partial charge in [0, 0.05) is 5.69 Å². The molecule has 4 aromatic rings. The van der Waals surface area contributed by atoms with Gasteiger partial charge in [0.15, 0.2) is 0 Å². The average Bonchev–Trinajstić information content (AvgIpc) is 2.82. The van der Waals surface area contributed by atoms with Gasteiger partial charge in [0.2, 0.25) is 23.8 Å². The van der Waals surface area contributed by atoms with Gasteiger partial charge in [0.1, 0.15) is 17.7 Å². The van der Waals surface area contributed by atoms with E-state index in [4.69, 9.17) is 0 Å². The molecule has 1 heterocycles. The maximum Gasteiger partial charge on any atom is 0.246 e. The van der Waals surface area contributed by atoms with Crippen LogP contribution in [-0.2, 0) is 4.79 Å². The Morgan fingerprint density at radius 1 is 0.771 bits per heavy atom. The van der Waals surface area contributed by atoms with Crippen molar-refractivity contribution in [2.75, 3.05) is 21.3 Å². The third-order valence-electron chi connectivity index (χ3n) is 4.90. The fraction of sp³-hybridized carbons (Fsp3) is 0.120. The standard InChI is InChI=1S/C25H23F2N7O/c1-15-8-7-9-17(14-15)29-22(35)16(2)28-23-32-24(30-20-12-5-3-10-18(20)26)34-25(33-23)31-21-13-6-4-11-19(21)27/h3-14,16H,1-2H3,(H,29,35)(H3,28,30,31,32,33,34)/t16-/m1/s1. The molecule has 0 aliphatic heterocycles. The Balaban J connectivity index is 1.58. The van der Waals surface area contributed by atoms with Crippen LogP contribution in [0.15, 0.2) is 72.8 Å². The second-order valence-electron chi connectivity index (χ2n) is 7.74. The van der Waals surface area contributed by atoms with Gasteiger partial charge in [-0.05, 0) is 55.8 Å². The van der Waals surface area contributed by atoms with E-state index in [1.54, 1.807) is 37.3 Å². The summed E-state index contributed by atoms with van der Waals surface area (Å²) in [6, 6.07) is 18.7. The van der Waals surface area contributed by atoms with Gasteiger partial charge in [-0.25, -0.2) is 8.78 Å². The topological polar surface area (TPSA) is 104 Å². The van der Waals surface area contributed by atoms with Gasteiger partial charge >= 0.3 is 0 Å². The second-order valence-corrected chi connectivity index (χ2v) is 7.74. The lowest BCUT2D eigenvalue weighted by molar-refractivity contribution is -0.116. The Kier molecular flexibility index (Phi) is 7.10. The number of benzene rings is 3. The molecule has 1 aromatic heterocycles. The molecule has 35 heavy (non-hydrogen) atoms. The number of rotatable bonds is 8. The van der Waals surface area contributed by atoms with Gasteiger partial charge in [-0.1, -0.05) is 36.4 Å². The van der Waals surface area contributed by atoms with E-state index in [0.29, 0.717) is 5.69 Å². The van der Waals surface area contributed by atoms with Crippen LogP contribution >= 0.6 is 0 Å². The summed E-state index contributed by atoms with van der Waals surface area (Å²) in [7, 11) is 0. The normalized spacial score (nSPS) is 11.4. The minimum Gasteiger partial charge on any atom is -0.342 e. The first-order valence-corrected chi connectivity index (χ1v) is 10.8. The fourth-order valence-corrected chi connectivity index (χ4v) is 3.15. The summed E-state index contributed by atoms with van der Waals surface area (Å²) in [5.41, 5.74) is 1.95. The Bertz CT molecular complexity index is 1280. The lowest BCUT2D eigenvalue weighted by Crippen LogP contribution is -2.32. The van der Waals surface area contributed by atoms with Crippen LogP contribution in [0, 0.1) is 18.6 Å². The van der Waals surface area contributed by atoms with E-state index in [1.807, 2.05) is 25.1 Å². The van der Waals surface area contributed by atoms with Crippen molar-refractivity contribution in [1.29, 1.82) is 0 Å². The SMILES string of the molecule is Cc1cccc(NC(=O)[C@@H](C)Nc2nc(Nc3ccccc3F)nc(Nc3ccccc3F)n2)c1. The first-order chi connectivity index (χ1) is 16.9. The Labute approximate surface area is 200 Å². The van der Waals surface area contributed by atoms with Gasteiger partial charge in [0.25, 0.3) is 0 Å². The molecule has 0 unspecified atom stereocenters. The highest BCUT2D eigenvalue weighted by molar-refractivity contribution is 5.96. The molecule has 0 radical (unpaired) electrons. The minimum atomic E-state index is -0.736. The number of amides is 1. The molecule has 1 amide bonds. The number of hydrogen-bond acceptors (Lipinski definition) is 7. The minimum absolute atomic E-state index is 0.00210. The van der Waals surface area contributed by atoms with Gasteiger partial charge in [-0.15, -0.1) is 0 Å². The van der Waals surface area contributed by atoms with E-state index in [-0.39, 0.29) is 35.1 Å². The molecular formula is C25H23F2N7O. The van der Waals surface area contributed by atoms with Crippen LogP contribution < -0.4 is 21.3 Å². The largest absolute Gasteiger partial charge is 0.342 e. The van der Waals surface area contributed by atoms with Gasteiger partial charge < -0.3 is 21.3 Å². The molecular weight excluding hydrogens is 452 g/mol. The highest BCUT2D eigenvalue weighted by Gasteiger charge is 2.17. The molecule has 0 saturated heterocycles. The molecule has 0 fully saturated rings. The number of aryl methyl sites for hydroxylation is 1. The van der Waals surface area contributed by atoms with E-state index >= 15 is 0 Å². The quantitative estimate of drug-likeness (QED) is 0.271. The van der Waals surface area contributed by atoms with Gasteiger partial charge in [0.05, 0.1) is 11.4 Å². The third kappa shape index (κ3) is 6.26. The highest BCUT2D eigenvalue weighted by Crippen LogP contribution is 2.22. The van der Waals surface area contributed by atoms with Crippen molar-refractivity contribution in [2.24, 2.45) is 0 Å². The molecule has 10 heteroatoms. The van der Waals surface area contributed by atoms with Crippen LogP contribution in [0.2, 0.25) is 0 Å². The van der Waals surface area contributed by atoms with Crippen molar-refractivity contribution in [3.63, 3.8) is 0 Å². The number of carbonyl (C=O) groups excluding carboxylic acids is 1. The van der Waals surface area contributed by atoms with Crippen molar-refractivity contribution < 1.29 is 13.6 Å². The lowest BCUT2D eigenvalue weighted by atomic mass is 10.2. The number of halogens is 2.